The molecule has 1 saturated carbocycles. The molecule has 5 nitrogen and oxygen atoms in total. The topological polar surface area (TPSA) is 82.0 Å². The van der Waals surface area contributed by atoms with Crippen LogP contribution in [0.3, 0.4) is 0 Å². The molecular weight excluding hydrogens is 326 g/mol. The van der Waals surface area contributed by atoms with Gasteiger partial charge in [0.05, 0.1) is 17.5 Å². The van der Waals surface area contributed by atoms with E-state index in [1.807, 2.05) is 37.3 Å². The number of nitriles is 1. The fourth-order valence-electron chi connectivity index (χ4n) is 2.98. The zero-order valence-electron chi connectivity index (χ0n) is 14.9. The largest absolute Gasteiger partial charge is 0.346 e. The maximum Gasteiger partial charge on any atom is 0.251 e. The van der Waals surface area contributed by atoms with E-state index in [1.54, 1.807) is 18.2 Å². The highest BCUT2D eigenvalue weighted by Crippen LogP contribution is 2.47. The predicted molar refractivity (Wildman–Crippen MR) is 99.6 cm³/mol. The first kappa shape index (κ1) is 17.7. The molecular formula is C21H21N3O2. The number of hydrogen-bond donors (Lipinski definition) is 2. The number of benzene rings is 2. The number of nitrogens with zero attached hydrogens (tertiary/aromatic N) is 1. The average molecular weight is 347 g/mol. The lowest BCUT2D eigenvalue weighted by molar-refractivity contribution is -0.114. The highest BCUT2D eigenvalue weighted by atomic mass is 16.2. The number of hydrogen-bond acceptors (Lipinski definition) is 3. The number of amides is 2. The van der Waals surface area contributed by atoms with Gasteiger partial charge in [-0.2, -0.15) is 5.26 Å². The Morgan fingerprint density at radius 2 is 1.85 bits per heavy atom. The van der Waals surface area contributed by atoms with Gasteiger partial charge in [-0.3, -0.25) is 9.59 Å². The van der Waals surface area contributed by atoms with Crippen LogP contribution in [0.4, 0.5) is 5.69 Å². The van der Waals surface area contributed by atoms with E-state index in [0.717, 1.165) is 24.0 Å². The van der Waals surface area contributed by atoms with Gasteiger partial charge in [0, 0.05) is 18.2 Å². The number of carbonyl (C=O) groups is 2. The SMILES string of the molecule is CC(=O)Nc1cccc([C@H](C)NC(=O)c2ccc(C3(C#N)CC3)cc2)c1. The Kier molecular flexibility index (Phi) is 4.77. The van der Waals surface area contributed by atoms with Gasteiger partial charge < -0.3 is 10.6 Å². The molecule has 0 bridgehead atoms. The van der Waals surface area contributed by atoms with Crippen LogP contribution in [0.1, 0.15) is 54.2 Å². The fourth-order valence-corrected chi connectivity index (χ4v) is 2.98. The van der Waals surface area contributed by atoms with Crippen LogP contribution in [0.15, 0.2) is 48.5 Å². The second kappa shape index (κ2) is 7.01. The summed E-state index contributed by atoms with van der Waals surface area (Å²) < 4.78 is 0. The smallest absolute Gasteiger partial charge is 0.251 e. The van der Waals surface area contributed by atoms with Crippen molar-refractivity contribution in [2.45, 2.75) is 38.1 Å². The van der Waals surface area contributed by atoms with Gasteiger partial charge in [0.25, 0.3) is 5.91 Å². The zero-order valence-corrected chi connectivity index (χ0v) is 14.9. The van der Waals surface area contributed by atoms with Gasteiger partial charge in [0.15, 0.2) is 0 Å². The first-order valence-electron chi connectivity index (χ1n) is 8.64. The summed E-state index contributed by atoms with van der Waals surface area (Å²) in [5.74, 6) is -0.305. The minimum atomic E-state index is -0.341. The molecule has 1 fully saturated rings. The number of rotatable bonds is 5. The summed E-state index contributed by atoms with van der Waals surface area (Å²) in [4.78, 5) is 23.7. The average Bonchev–Trinajstić information content (AvgIpc) is 3.43. The molecule has 0 spiro atoms. The van der Waals surface area contributed by atoms with Gasteiger partial charge in [-0.05, 0) is 55.2 Å². The standard InChI is InChI=1S/C21H21N3O2/c1-14(17-4-3-5-19(12-17)24-15(2)25)23-20(26)16-6-8-18(9-7-16)21(13-22)10-11-21/h3-9,12,14H,10-11H2,1-2H3,(H,23,26)(H,24,25)/t14-/m0/s1. The zero-order chi connectivity index (χ0) is 18.7. The fraction of sp³-hybridized carbons (Fsp3) is 0.286. The Hall–Kier alpha value is -3.13. The van der Waals surface area contributed by atoms with Gasteiger partial charge >= 0.3 is 0 Å². The lowest BCUT2D eigenvalue weighted by Crippen LogP contribution is -2.26. The second-order valence-corrected chi connectivity index (χ2v) is 6.77. The Bertz CT molecular complexity index is 877. The van der Waals surface area contributed by atoms with Crippen LogP contribution in [-0.2, 0) is 10.2 Å². The van der Waals surface area contributed by atoms with E-state index >= 15 is 0 Å². The first-order valence-corrected chi connectivity index (χ1v) is 8.64. The van der Waals surface area contributed by atoms with Crippen molar-refractivity contribution in [1.82, 2.24) is 5.32 Å². The Labute approximate surface area is 153 Å². The van der Waals surface area contributed by atoms with Crippen molar-refractivity contribution in [1.29, 1.82) is 5.26 Å². The first-order chi connectivity index (χ1) is 12.4. The summed E-state index contributed by atoms with van der Waals surface area (Å²) in [6.45, 7) is 3.35. The van der Waals surface area contributed by atoms with Gasteiger partial charge in [0.1, 0.15) is 0 Å². The summed E-state index contributed by atoms with van der Waals surface area (Å²) in [5, 5.41) is 15.0. The molecule has 0 unspecified atom stereocenters. The van der Waals surface area contributed by atoms with Crippen LogP contribution in [0.5, 0.6) is 0 Å². The van der Waals surface area contributed by atoms with Crippen molar-refractivity contribution in [3.8, 4) is 6.07 Å². The van der Waals surface area contributed by atoms with Gasteiger partial charge in [-0.1, -0.05) is 24.3 Å². The van der Waals surface area contributed by atoms with E-state index in [1.165, 1.54) is 6.92 Å². The molecule has 0 radical (unpaired) electrons. The van der Waals surface area contributed by atoms with E-state index in [2.05, 4.69) is 16.7 Å². The van der Waals surface area contributed by atoms with Gasteiger partial charge in [-0.15, -0.1) is 0 Å². The van der Waals surface area contributed by atoms with E-state index in [4.69, 9.17) is 0 Å². The van der Waals surface area contributed by atoms with E-state index in [0.29, 0.717) is 11.3 Å². The van der Waals surface area contributed by atoms with Crippen LogP contribution in [0, 0.1) is 11.3 Å². The molecule has 1 aliphatic rings. The number of anilines is 1. The highest BCUT2D eigenvalue weighted by Gasteiger charge is 2.44. The summed E-state index contributed by atoms with van der Waals surface area (Å²) >= 11 is 0. The molecule has 132 valence electrons. The molecule has 2 amide bonds. The maximum atomic E-state index is 12.5. The van der Waals surface area contributed by atoms with E-state index in [9.17, 15) is 14.9 Å². The molecule has 26 heavy (non-hydrogen) atoms. The molecule has 2 aromatic carbocycles. The van der Waals surface area contributed by atoms with Crippen molar-refractivity contribution < 1.29 is 9.59 Å². The maximum absolute atomic E-state index is 12.5. The van der Waals surface area contributed by atoms with E-state index in [-0.39, 0.29) is 23.3 Å². The molecule has 0 heterocycles. The Morgan fingerprint density at radius 3 is 2.42 bits per heavy atom. The van der Waals surface area contributed by atoms with Crippen molar-refractivity contribution in [3.63, 3.8) is 0 Å². The van der Waals surface area contributed by atoms with Gasteiger partial charge in [0.2, 0.25) is 5.91 Å². The Balaban J connectivity index is 1.68. The predicted octanol–water partition coefficient (Wildman–Crippen LogP) is 3.69. The third-order valence-corrected chi connectivity index (χ3v) is 4.72. The van der Waals surface area contributed by atoms with Crippen molar-refractivity contribution in [3.05, 3.63) is 65.2 Å². The highest BCUT2D eigenvalue weighted by molar-refractivity contribution is 5.94. The van der Waals surface area contributed by atoms with E-state index < -0.39 is 0 Å². The molecule has 0 aromatic heterocycles. The lowest BCUT2D eigenvalue weighted by Gasteiger charge is -2.16. The summed E-state index contributed by atoms with van der Waals surface area (Å²) in [7, 11) is 0. The Morgan fingerprint density at radius 1 is 1.15 bits per heavy atom. The van der Waals surface area contributed by atoms with Crippen LogP contribution >= 0.6 is 0 Å². The van der Waals surface area contributed by atoms with Crippen molar-refractivity contribution in [2.75, 3.05) is 5.32 Å². The van der Waals surface area contributed by atoms with Crippen molar-refractivity contribution >= 4 is 17.5 Å². The van der Waals surface area contributed by atoms with Crippen LogP contribution in [0.25, 0.3) is 0 Å². The normalized spacial score (nSPS) is 15.4. The lowest BCUT2D eigenvalue weighted by atomic mass is 9.96. The molecule has 5 heteroatoms. The molecule has 1 aliphatic carbocycles. The van der Waals surface area contributed by atoms with Crippen LogP contribution in [0.2, 0.25) is 0 Å². The molecule has 1 atom stereocenters. The number of nitrogens with one attached hydrogen (secondary N) is 2. The summed E-state index contributed by atoms with van der Waals surface area (Å²) in [6, 6.07) is 16.8. The second-order valence-electron chi connectivity index (χ2n) is 6.77. The van der Waals surface area contributed by atoms with Gasteiger partial charge in [-0.25, -0.2) is 0 Å². The minimum Gasteiger partial charge on any atom is -0.346 e. The number of carbonyl (C=O) groups excluding carboxylic acids is 2. The molecule has 3 rings (SSSR count). The molecule has 0 saturated heterocycles. The molecule has 2 N–H and O–H groups in total. The molecule has 2 aromatic rings. The van der Waals surface area contributed by atoms with Crippen molar-refractivity contribution in [2.24, 2.45) is 0 Å². The third-order valence-electron chi connectivity index (χ3n) is 4.72. The third kappa shape index (κ3) is 3.75. The summed E-state index contributed by atoms with van der Waals surface area (Å²) in [6.07, 6.45) is 1.77. The minimum absolute atomic E-state index is 0.135. The monoisotopic (exact) mass is 347 g/mol. The quantitative estimate of drug-likeness (QED) is 0.865. The summed E-state index contributed by atoms with van der Waals surface area (Å²) in [5.41, 5.74) is 2.81. The van der Waals surface area contributed by atoms with Crippen LogP contribution < -0.4 is 10.6 Å². The van der Waals surface area contributed by atoms with Crippen LogP contribution in [-0.4, -0.2) is 11.8 Å². The molecule has 0 aliphatic heterocycles.